The van der Waals surface area contributed by atoms with E-state index in [0.29, 0.717) is 17.4 Å². The molecule has 5 aromatic rings. The van der Waals surface area contributed by atoms with Crippen LogP contribution in [0.2, 0.25) is 0 Å². The van der Waals surface area contributed by atoms with Crippen LogP contribution in [0.4, 0.5) is 17.5 Å². The standard InChI is InChI=1S/C35H34N4O2/c1-39(22-10-16-29-27-13-6-4-11-24(27)18-19-25-12-5-7-14-28(25)29)35-37-31-17-9-8-15-30(31)34(38-35)36-26-20-21-32(40-2)33(23-26)41-3/h4-9,11-17,20-21,23H,10,18-19,22H2,1-3H3,(H,36,37,38). The van der Waals surface area contributed by atoms with Gasteiger partial charge in [0.2, 0.25) is 5.95 Å². The Kier molecular flexibility index (Phi) is 7.54. The molecule has 0 bridgehead atoms. The van der Waals surface area contributed by atoms with Gasteiger partial charge in [-0.05, 0) is 71.4 Å². The smallest absolute Gasteiger partial charge is 0.227 e. The molecule has 0 aliphatic heterocycles. The lowest BCUT2D eigenvalue weighted by molar-refractivity contribution is 0.355. The maximum atomic E-state index is 5.50. The van der Waals surface area contributed by atoms with Gasteiger partial charge in [-0.15, -0.1) is 0 Å². The summed E-state index contributed by atoms with van der Waals surface area (Å²) in [5, 5.41) is 4.43. The number of ether oxygens (including phenoxy) is 2. The molecule has 1 N–H and O–H groups in total. The van der Waals surface area contributed by atoms with Gasteiger partial charge >= 0.3 is 0 Å². The fourth-order valence-corrected chi connectivity index (χ4v) is 5.52. The molecule has 41 heavy (non-hydrogen) atoms. The van der Waals surface area contributed by atoms with Gasteiger partial charge in [0.1, 0.15) is 5.82 Å². The number of benzene rings is 4. The van der Waals surface area contributed by atoms with E-state index in [-0.39, 0.29) is 0 Å². The summed E-state index contributed by atoms with van der Waals surface area (Å²) >= 11 is 0. The van der Waals surface area contributed by atoms with Crippen LogP contribution in [0.5, 0.6) is 11.5 Å². The Morgan fingerprint density at radius 1 is 0.780 bits per heavy atom. The van der Waals surface area contributed by atoms with Crippen LogP contribution in [-0.4, -0.2) is 37.8 Å². The quantitative estimate of drug-likeness (QED) is 0.220. The average molecular weight is 543 g/mol. The Balaban J connectivity index is 1.28. The third kappa shape index (κ3) is 5.46. The van der Waals surface area contributed by atoms with Crippen molar-refractivity contribution in [3.05, 3.63) is 119 Å². The largest absolute Gasteiger partial charge is 0.493 e. The minimum absolute atomic E-state index is 0.655. The van der Waals surface area contributed by atoms with Crippen LogP contribution in [0, 0.1) is 0 Å². The lowest BCUT2D eigenvalue weighted by atomic mass is 9.93. The Bertz CT molecular complexity index is 1680. The molecule has 0 fully saturated rings. The van der Waals surface area contributed by atoms with E-state index in [2.05, 4.69) is 71.9 Å². The van der Waals surface area contributed by atoms with E-state index in [4.69, 9.17) is 19.4 Å². The van der Waals surface area contributed by atoms with Crippen LogP contribution in [0.3, 0.4) is 0 Å². The summed E-state index contributed by atoms with van der Waals surface area (Å²) in [6.45, 7) is 0.780. The van der Waals surface area contributed by atoms with Crippen LogP contribution >= 0.6 is 0 Å². The van der Waals surface area contributed by atoms with E-state index < -0.39 is 0 Å². The molecule has 0 radical (unpaired) electrons. The molecule has 1 aliphatic rings. The molecule has 206 valence electrons. The first kappa shape index (κ1) is 26.4. The second kappa shape index (κ2) is 11.7. The third-order valence-electron chi connectivity index (χ3n) is 7.67. The highest BCUT2D eigenvalue weighted by Gasteiger charge is 2.18. The number of hydrogen-bond donors (Lipinski definition) is 1. The average Bonchev–Trinajstić information content (AvgIpc) is 3.18. The van der Waals surface area contributed by atoms with Gasteiger partial charge in [0, 0.05) is 30.7 Å². The molecule has 0 atom stereocenters. The van der Waals surface area contributed by atoms with Crippen molar-refractivity contribution in [1.82, 2.24) is 9.97 Å². The van der Waals surface area contributed by atoms with Gasteiger partial charge in [0.05, 0.1) is 19.7 Å². The van der Waals surface area contributed by atoms with Crippen LogP contribution in [0.1, 0.15) is 28.7 Å². The monoisotopic (exact) mass is 542 g/mol. The second-order valence-corrected chi connectivity index (χ2v) is 10.2. The molecule has 1 heterocycles. The number of hydrogen-bond acceptors (Lipinski definition) is 6. The van der Waals surface area contributed by atoms with Crippen molar-refractivity contribution in [1.29, 1.82) is 0 Å². The first-order valence-electron chi connectivity index (χ1n) is 14.0. The fourth-order valence-electron chi connectivity index (χ4n) is 5.52. The van der Waals surface area contributed by atoms with Crippen molar-refractivity contribution in [3.63, 3.8) is 0 Å². The molecule has 6 heteroatoms. The van der Waals surface area contributed by atoms with Crippen LogP contribution in [0.25, 0.3) is 16.5 Å². The van der Waals surface area contributed by atoms with Crippen LogP contribution in [0.15, 0.2) is 97.1 Å². The number of anilines is 3. The maximum Gasteiger partial charge on any atom is 0.227 e. The number of nitrogens with zero attached hydrogens (tertiary/aromatic N) is 3. The van der Waals surface area contributed by atoms with E-state index in [9.17, 15) is 0 Å². The number of aromatic nitrogens is 2. The number of fused-ring (bicyclic) bond motifs is 3. The maximum absolute atomic E-state index is 5.50. The molecule has 1 aromatic heterocycles. The zero-order valence-electron chi connectivity index (χ0n) is 23.7. The van der Waals surface area contributed by atoms with E-state index in [0.717, 1.165) is 48.2 Å². The molecule has 0 unspecified atom stereocenters. The molecular weight excluding hydrogens is 508 g/mol. The van der Waals surface area contributed by atoms with Crippen molar-refractivity contribution < 1.29 is 9.47 Å². The van der Waals surface area contributed by atoms with E-state index in [1.165, 1.54) is 27.8 Å². The first-order valence-corrected chi connectivity index (χ1v) is 14.0. The van der Waals surface area contributed by atoms with Crippen LogP contribution < -0.4 is 19.7 Å². The number of rotatable bonds is 8. The summed E-state index contributed by atoms with van der Waals surface area (Å²) in [4.78, 5) is 12.0. The Labute approximate surface area is 241 Å². The number of methoxy groups -OCH3 is 2. The number of para-hydroxylation sites is 1. The predicted octanol–water partition coefficient (Wildman–Crippen LogP) is 7.45. The van der Waals surface area contributed by atoms with Crippen molar-refractivity contribution in [2.45, 2.75) is 19.3 Å². The van der Waals surface area contributed by atoms with Gasteiger partial charge < -0.3 is 19.7 Å². The summed E-state index contributed by atoms with van der Waals surface area (Å²) in [5.41, 5.74) is 8.55. The Morgan fingerprint density at radius 2 is 1.44 bits per heavy atom. The Hall–Kier alpha value is -4.84. The zero-order valence-corrected chi connectivity index (χ0v) is 23.7. The molecular formula is C35H34N4O2. The lowest BCUT2D eigenvalue weighted by Gasteiger charge is -2.19. The van der Waals surface area contributed by atoms with Crippen LogP contribution in [-0.2, 0) is 12.8 Å². The van der Waals surface area contributed by atoms with Crippen molar-refractivity contribution >= 4 is 33.9 Å². The lowest BCUT2D eigenvalue weighted by Crippen LogP contribution is -2.21. The van der Waals surface area contributed by atoms with Gasteiger partial charge in [-0.2, -0.15) is 4.98 Å². The molecule has 0 saturated carbocycles. The molecule has 4 aromatic carbocycles. The van der Waals surface area contributed by atoms with Gasteiger partial charge in [-0.3, -0.25) is 0 Å². The summed E-state index contributed by atoms with van der Waals surface area (Å²) in [6.07, 6.45) is 5.36. The fraction of sp³-hybridized carbons (Fsp3) is 0.200. The second-order valence-electron chi connectivity index (χ2n) is 10.2. The minimum Gasteiger partial charge on any atom is -0.493 e. The minimum atomic E-state index is 0.655. The molecule has 0 amide bonds. The van der Waals surface area contributed by atoms with Crippen molar-refractivity contribution in [2.24, 2.45) is 0 Å². The number of nitrogens with one attached hydrogen (secondary N) is 1. The van der Waals surface area contributed by atoms with Crippen molar-refractivity contribution in [3.8, 4) is 11.5 Å². The summed E-state index contributed by atoms with van der Waals surface area (Å²) in [5.74, 6) is 2.75. The zero-order chi connectivity index (χ0) is 28.2. The van der Waals surface area contributed by atoms with Gasteiger partial charge in [-0.1, -0.05) is 66.7 Å². The highest BCUT2D eigenvalue weighted by Crippen LogP contribution is 2.35. The summed E-state index contributed by atoms with van der Waals surface area (Å²) < 4.78 is 10.9. The van der Waals surface area contributed by atoms with E-state index >= 15 is 0 Å². The SMILES string of the molecule is COc1ccc(Nc2nc(N(C)CCC=C3c4ccccc4CCc4ccccc43)nc3ccccc23)cc1OC. The highest BCUT2D eigenvalue weighted by atomic mass is 16.5. The number of aryl methyl sites for hydroxylation is 2. The third-order valence-corrected chi connectivity index (χ3v) is 7.67. The highest BCUT2D eigenvalue weighted by molar-refractivity contribution is 5.92. The molecule has 6 rings (SSSR count). The van der Waals surface area contributed by atoms with E-state index in [1.54, 1.807) is 14.2 Å². The first-order chi connectivity index (χ1) is 20.1. The topological polar surface area (TPSA) is 59.5 Å². The normalized spacial score (nSPS) is 12.2. The van der Waals surface area contributed by atoms with Crippen molar-refractivity contribution in [2.75, 3.05) is 38.0 Å². The van der Waals surface area contributed by atoms with Gasteiger partial charge in [0.15, 0.2) is 11.5 Å². The summed E-state index contributed by atoms with van der Waals surface area (Å²) in [6, 6.07) is 31.4. The molecule has 0 saturated heterocycles. The van der Waals surface area contributed by atoms with Gasteiger partial charge in [-0.25, -0.2) is 4.98 Å². The Morgan fingerprint density at radius 3 is 2.15 bits per heavy atom. The predicted molar refractivity (Wildman–Crippen MR) is 168 cm³/mol. The van der Waals surface area contributed by atoms with E-state index in [1.807, 2.05) is 42.5 Å². The molecule has 6 nitrogen and oxygen atoms in total. The molecule has 1 aliphatic carbocycles. The van der Waals surface area contributed by atoms with Gasteiger partial charge in [0.25, 0.3) is 0 Å². The summed E-state index contributed by atoms with van der Waals surface area (Å²) in [7, 11) is 5.32. The molecule has 0 spiro atoms.